The van der Waals surface area contributed by atoms with Gasteiger partial charge in [0.2, 0.25) is 9.84 Å². The number of H-pyrrole nitrogens is 1. The van der Waals surface area contributed by atoms with E-state index >= 15 is 0 Å². The molecule has 3 aromatic carbocycles. The number of hydrogen-bond donors (Lipinski definition) is 3. The molecule has 40 heavy (non-hydrogen) atoms. The van der Waals surface area contributed by atoms with Gasteiger partial charge >= 0.3 is 18.3 Å². The molecule has 0 spiro atoms. The van der Waals surface area contributed by atoms with Gasteiger partial charge in [-0.25, -0.2) is 8.42 Å². The molecule has 1 atom stereocenters. The summed E-state index contributed by atoms with van der Waals surface area (Å²) in [6.45, 7) is 0. The molecule has 7 nitrogen and oxygen atoms in total. The first-order valence-electron chi connectivity index (χ1n) is 11.1. The number of carboxylic acid groups (broad SMARTS) is 1. The molecular formula is C25H17ClF6N2O5S. The summed E-state index contributed by atoms with van der Waals surface area (Å²) in [5.41, 5.74) is 1.26. The van der Waals surface area contributed by atoms with Gasteiger partial charge in [0.25, 0.3) is 0 Å². The number of aliphatic carboxylic acids is 1. The van der Waals surface area contributed by atoms with Crippen molar-refractivity contribution in [3.63, 3.8) is 0 Å². The van der Waals surface area contributed by atoms with Crippen molar-refractivity contribution in [2.75, 3.05) is 0 Å². The predicted octanol–water partition coefficient (Wildman–Crippen LogP) is 6.44. The van der Waals surface area contributed by atoms with Gasteiger partial charge in [0.05, 0.1) is 20.9 Å². The van der Waals surface area contributed by atoms with E-state index in [-0.39, 0.29) is 25.7 Å². The third kappa shape index (κ3) is 5.88. The second-order valence-electron chi connectivity index (χ2n) is 8.58. The normalized spacial score (nSPS) is 13.4. The molecule has 0 saturated carbocycles. The van der Waals surface area contributed by atoms with Gasteiger partial charge in [-0.15, -0.1) is 0 Å². The SMILES string of the molecule is N[C@H](Cc1cc(C(F)(F)F)c(Oc2ccc3[nH]cc(S(=O)(=O)c4ccc(Cl)cc4)c3c2)c(C(F)(F)F)c1)C(=O)O. The highest BCUT2D eigenvalue weighted by atomic mass is 35.5. The number of carbonyl (C=O) groups is 1. The lowest BCUT2D eigenvalue weighted by molar-refractivity contribution is -0.145. The van der Waals surface area contributed by atoms with Crippen molar-refractivity contribution in [3.05, 3.63) is 82.5 Å². The number of aromatic nitrogens is 1. The van der Waals surface area contributed by atoms with Crippen molar-refractivity contribution in [1.82, 2.24) is 4.98 Å². The topological polar surface area (TPSA) is 122 Å². The summed E-state index contributed by atoms with van der Waals surface area (Å²) in [6.07, 6.45) is -10.4. The number of benzene rings is 3. The molecule has 212 valence electrons. The lowest BCUT2D eigenvalue weighted by Gasteiger charge is -2.21. The van der Waals surface area contributed by atoms with Crippen LogP contribution in [0.3, 0.4) is 0 Å². The van der Waals surface area contributed by atoms with Crippen LogP contribution >= 0.6 is 11.6 Å². The molecule has 1 aromatic heterocycles. The number of sulfone groups is 1. The maximum absolute atomic E-state index is 13.9. The van der Waals surface area contributed by atoms with E-state index in [1.54, 1.807) is 0 Å². The third-order valence-electron chi connectivity index (χ3n) is 5.78. The molecule has 0 aliphatic rings. The minimum atomic E-state index is -5.35. The molecule has 0 amide bonds. The molecule has 4 N–H and O–H groups in total. The van der Waals surface area contributed by atoms with Crippen LogP contribution in [0.15, 0.2) is 70.6 Å². The summed E-state index contributed by atoms with van der Waals surface area (Å²) >= 11 is 5.81. The van der Waals surface area contributed by atoms with E-state index in [0.29, 0.717) is 12.1 Å². The molecule has 0 unspecified atom stereocenters. The highest BCUT2D eigenvalue weighted by Gasteiger charge is 2.43. The van der Waals surface area contributed by atoms with Crippen LogP contribution in [-0.2, 0) is 33.4 Å². The Morgan fingerprint density at radius 1 is 0.975 bits per heavy atom. The Morgan fingerprint density at radius 2 is 1.55 bits per heavy atom. The predicted molar refractivity (Wildman–Crippen MR) is 131 cm³/mol. The fraction of sp³-hybridized carbons (Fsp3) is 0.160. The van der Waals surface area contributed by atoms with Crippen molar-refractivity contribution in [1.29, 1.82) is 0 Å². The summed E-state index contributed by atoms with van der Waals surface area (Å²) in [5.74, 6) is -3.73. The van der Waals surface area contributed by atoms with Crippen molar-refractivity contribution < 1.29 is 49.4 Å². The fourth-order valence-corrected chi connectivity index (χ4v) is 5.44. The number of alkyl halides is 6. The van der Waals surface area contributed by atoms with E-state index in [0.717, 1.165) is 18.3 Å². The summed E-state index contributed by atoms with van der Waals surface area (Å²) in [6, 6.07) is 7.33. The highest BCUT2D eigenvalue weighted by molar-refractivity contribution is 7.91. The van der Waals surface area contributed by atoms with Crippen molar-refractivity contribution in [2.45, 2.75) is 34.6 Å². The van der Waals surface area contributed by atoms with Gasteiger partial charge in [0.1, 0.15) is 11.8 Å². The second kappa shape index (κ2) is 10.3. The summed E-state index contributed by atoms with van der Waals surface area (Å²) in [7, 11) is -4.18. The minimum Gasteiger partial charge on any atom is -0.480 e. The Morgan fingerprint density at radius 3 is 2.08 bits per heavy atom. The quantitative estimate of drug-likeness (QED) is 0.208. The molecule has 0 aliphatic heterocycles. The fourth-order valence-electron chi connectivity index (χ4n) is 3.90. The number of nitrogens with two attached hydrogens (primary N) is 1. The Kier molecular flexibility index (Phi) is 7.56. The zero-order valence-electron chi connectivity index (χ0n) is 19.8. The number of nitrogens with one attached hydrogen (secondary N) is 1. The monoisotopic (exact) mass is 606 g/mol. The zero-order valence-corrected chi connectivity index (χ0v) is 21.3. The van der Waals surface area contributed by atoms with Gasteiger partial charge < -0.3 is 20.6 Å². The number of aromatic amines is 1. The standard InChI is InChI=1S/C25H17ClF6N2O5S/c26-13-1-4-15(5-2-13)40(37,38)21-11-34-20-6-3-14(10-16(20)21)39-22-17(24(27,28)29)7-12(9-19(33)23(35)36)8-18(22)25(30,31)32/h1-8,10-11,19,34H,9,33H2,(H,35,36)/t19-/m1/s1. The van der Waals surface area contributed by atoms with Gasteiger partial charge in [-0.05, 0) is 66.6 Å². The van der Waals surface area contributed by atoms with Gasteiger partial charge in [0.15, 0.2) is 5.75 Å². The van der Waals surface area contributed by atoms with Gasteiger partial charge in [0, 0.05) is 22.1 Å². The Bertz CT molecular complexity index is 1660. The van der Waals surface area contributed by atoms with Gasteiger partial charge in [-0.2, -0.15) is 26.3 Å². The van der Waals surface area contributed by atoms with Crippen molar-refractivity contribution in [3.8, 4) is 11.5 Å². The maximum Gasteiger partial charge on any atom is 0.420 e. The second-order valence-corrected chi connectivity index (χ2v) is 10.9. The third-order valence-corrected chi connectivity index (χ3v) is 7.84. The van der Waals surface area contributed by atoms with E-state index in [9.17, 15) is 39.6 Å². The maximum atomic E-state index is 13.9. The first-order valence-corrected chi connectivity index (χ1v) is 12.9. The summed E-state index contributed by atoms with van der Waals surface area (Å²) in [5, 5.41) is 9.15. The van der Waals surface area contributed by atoms with Crippen LogP contribution in [0.2, 0.25) is 5.02 Å². The van der Waals surface area contributed by atoms with E-state index in [1.807, 2.05) is 0 Å². The van der Waals surface area contributed by atoms with Crippen LogP contribution in [0.25, 0.3) is 10.9 Å². The molecule has 0 bridgehead atoms. The first-order chi connectivity index (χ1) is 18.5. The molecule has 0 fully saturated rings. The van der Waals surface area contributed by atoms with Crippen LogP contribution in [0.4, 0.5) is 26.3 Å². The average molecular weight is 607 g/mol. The van der Waals surface area contributed by atoms with Crippen LogP contribution in [0.1, 0.15) is 16.7 Å². The van der Waals surface area contributed by atoms with E-state index in [2.05, 4.69) is 4.98 Å². The first kappa shape index (κ1) is 29.2. The Balaban J connectivity index is 1.85. The average Bonchev–Trinajstić information content (AvgIpc) is 3.27. The molecule has 4 aromatic rings. The van der Waals surface area contributed by atoms with Crippen LogP contribution in [0, 0.1) is 0 Å². The van der Waals surface area contributed by atoms with E-state index in [4.69, 9.17) is 27.2 Å². The lowest BCUT2D eigenvalue weighted by Crippen LogP contribution is -2.32. The largest absolute Gasteiger partial charge is 0.480 e. The van der Waals surface area contributed by atoms with Gasteiger partial charge in [-0.1, -0.05) is 11.6 Å². The number of fused-ring (bicyclic) bond motifs is 1. The van der Waals surface area contributed by atoms with E-state index in [1.165, 1.54) is 30.3 Å². The number of rotatable bonds is 7. The summed E-state index contributed by atoms with van der Waals surface area (Å²) in [4.78, 5) is 13.3. The lowest BCUT2D eigenvalue weighted by atomic mass is 9.98. The molecule has 15 heteroatoms. The highest BCUT2D eigenvalue weighted by Crippen LogP contribution is 2.47. The van der Waals surface area contributed by atoms with E-state index < -0.39 is 68.8 Å². The number of hydrogen-bond acceptors (Lipinski definition) is 5. The van der Waals surface area contributed by atoms with Crippen molar-refractivity contribution in [2.24, 2.45) is 5.73 Å². The van der Waals surface area contributed by atoms with Crippen LogP contribution in [0.5, 0.6) is 11.5 Å². The smallest absolute Gasteiger partial charge is 0.420 e. The zero-order chi connectivity index (χ0) is 29.6. The number of halogens is 7. The minimum absolute atomic E-state index is 0.0568. The Hall–Kier alpha value is -3.75. The molecule has 0 saturated heterocycles. The van der Waals surface area contributed by atoms with Gasteiger partial charge in [-0.3, -0.25) is 4.79 Å². The number of ether oxygens (including phenoxy) is 1. The molecule has 0 aliphatic carbocycles. The van der Waals surface area contributed by atoms with Crippen molar-refractivity contribution >= 4 is 38.3 Å². The molecule has 1 heterocycles. The molecular weight excluding hydrogens is 590 g/mol. The Labute approximate surface area is 227 Å². The number of carboxylic acids is 1. The van der Waals surface area contributed by atoms with Crippen LogP contribution < -0.4 is 10.5 Å². The molecule has 4 rings (SSSR count). The van der Waals surface area contributed by atoms with Crippen LogP contribution in [-0.4, -0.2) is 30.5 Å². The molecule has 0 radical (unpaired) electrons. The summed E-state index contributed by atoms with van der Waals surface area (Å²) < 4.78 is 115.